The molecule has 4 N–H and O–H groups in total. The zero-order chi connectivity index (χ0) is 23.6. The zero-order valence-electron chi connectivity index (χ0n) is 16.7. The van der Waals surface area contributed by atoms with Gasteiger partial charge in [0.2, 0.25) is 0 Å². The van der Waals surface area contributed by atoms with E-state index in [1.165, 1.54) is 14.2 Å². The fraction of sp³-hybridized carbons (Fsp3) is 0.389. The van der Waals surface area contributed by atoms with Gasteiger partial charge in [0, 0.05) is 6.54 Å². The molecule has 10 nitrogen and oxygen atoms in total. The molecule has 1 unspecified atom stereocenters. The maximum absolute atomic E-state index is 13.6. The molecule has 170 valence electrons. The number of nitrogens with zero attached hydrogens (tertiary/aromatic N) is 1. The highest BCUT2D eigenvalue weighted by Crippen LogP contribution is 2.40. The number of methoxy groups -OCH3 is 3. The number of aryl methyl sites for hydroxylation is 1. The Morgan fingerprint density at radius 2 is 1.77 bits per heavy atom. The van der Waals surface area contributed by atoms with Crippen LogP contribution in [-0.2, 0) is 28.1 Å². The Balaban J connectivity index is 2.56. The molecular weight excluding hydrogens is 427 g/mol. The first kappa shape index (κ1) is 23.8. The number of hydrogen-bond acceptors (Lipinski definition) is 8. The number of esters is 1. The van der Waals surface area contributed by atoms with Gasteiger partial charge >= 0.3 is 17.8 Å². The van der Waals surface area contributed by atoms with E-state index in [1.54, 1.807) is 23.2 Å². The number of hydrogen-bond donors (Lipinski definition) is 3. The van der Waals surface area contributed by atoms with Crippen molar-refractivity contribution in [3.63, 3.8) is 0 Å². The maximum Gasteiger partial charge on any atom is 0.432 e. The molecule has 1 atom stereocenters. The lowest BCUT2D eigenvalue weighted by molar-refractivity contribution is -0.267. The van der Waals surface area contributed by atoms with E-state index in [4.69, 9.17) is 15.2 Å². The van der Waals surface area contributed by atoms with Crippen LogP contribution in [0.3, 0.4) is 0 Å². The lowest BCUT2D eigenvalue weighted by Crippen LogP contribution is -2.54. The second-order valence-corrected chi connectivity index (χ2v) is 6.31. The third kappa shape index (κ3) is 4.21. The highest BCUT2D eigenvalue weighted by atomic mass is 19.4. The van der Waals surface area contributed by atoms with Crippen molar-refractivity contribution in [1.29, 1.82) is 0 Å². The summed E-state index contributed by atoms with van der Waals surface area (Å²) in [5.41, 5.74) is -2.48. The predicted molar refractivity (Wildman–Crippen MR) is 101 cm³/mol. The number of nitrogen functional groups attached to an aromatic ring is 1. The molecular formula is C18H20F3N3O7. The Labute approximate surface area is 173 Å². The third-order valence-corrected chi connectivity index (χ3v) is 4.56. The smallest absolute Gasteiger partial charge is 0.432 e. The molecule has 2 aromatic rings. The highest BCUT2D eigenvalue weighted by molar-refractivity contribution is 5.83. The Hall–Kier alpha value is -3.48. The molecule has 1 heterocycles. The van der Waals surface area contributed by atoms with Crippen LogP contribution in [0.2, 0.25) is 0 Å². The van der Waals surface area contributed by atoms with Gasteiger partial charge in [0.15, 0.2) is 11.5 Å². The average molecular weight is 447 g/mol. The highest BCUT2D eigenvalue weighted by Gasteiger charge is 2.64. The number of nitrogens with one attached hydrogen (secondary N) is 1. The minimum Gasteiger partial charge on any atom is -0.493 e. The van der Waals surface area contributed by atoms with Gasteiger partial charge < -0.3 is 25.1 Å². The molecule has 0 spiro atoms. The SMILES string of the molecule is COC(=O)C(O)(c1c(N)n(CCc2ccc(OC)c(OC)c2)c(=O)[nH]c1=O)C(F)(F)F. The van der Waals surface area contributed by atoms with Crippen LogP contribution in [0.4, 0.5) is 19.0 Å². The summed E-state index contributed by atoms with van der Waals surface area (Å²) in [6, 6.07) is 4.78. The Kier molecular flexibility index (Phi) is 6.69. The van der Waals surface area contributed by atoms with Crippen molar-refractivity contribution < 1.29 is 37.3 Å². The minimum absolute atomic E-state index is 0.0681. The molecule has 1 aromatic heterocycles. The minimum atomic E-state index is -5.66. The van der Waals surface area contributed by atoms with Crippen LogP contribution < -0.4 is 26.5 Å². The Morgan fingerprint density at radius 3 is 2.29 bits per heavy atom. The summed E-state index contributed by atoms with van der Waals surface area (Å²) < 4.78 is 55.5. The summed E-state index contributed by atoms with van der Waals surface area (Å²) in [5.74, 6) is -2.40. The maximum atomic E-state index is 13.6. The molecule has 0 fully saturated rings. The second kappa shape index (κ2) is 8.71. The number of anilines is 1. The molecule has 0 saturated heterocycles. The molecule has 0 aliphatic heterocycles. The van der Waals surface area contributed by atoms with Crippen LogP contribution in [0.5, 0.6) is 11.5 Å². The van der Waals surface area contributed by atoms with Gasteiger partial charge in [-0.1, -0.05) is 6.07 Å². The molecule has 0 aliphatic rings. The van der Waals surface area contributed by atoms with E-state index in [9.17, 15) is 32.7 Å². The molecule has 0 bridgehead atoms. The van der Waals surface area contributed by atoms with Gasteiger partial charge in [-0.15, -0.1) is 0 Å². The van der Waals surface area contributed by atoms with Crippen molar-refractivity contribution in [2.24, 2.45) is 0 Å². The number of carbonyl (C=O) groups is 1. The first-order valence-electron chi connectivity index (χ1n) is 8.63. The van der Waals surface area contributed by atoms with Gasteiger partial charge in [-0.3, -0.25) is 14.3 Å². The standard InChI is InChI=1S/C18H20F3N3O7/c1-29-10-5-4-9(8-11(10)30-2)6-7-24-13(22)12(14(25)23-16(24)27)17(28,15(26)31-3)18(19,20)21/h4-5,8,28H,6-7,22H2,1-3H3,(H,23,25,27). The summed E-state index contributed by atoms with van der Waals surface area (Å²) in [6.45, 7) is -0.293. The van der Waals surface area contributed by atoms with Crippen LogP contribution in [0.25, 0.3) is 0 Å². The first-order valence-corrected chi connectivity index (χ1v) is 8.63. The van der Waals surface area contributed by atoms with Crippen molar-refractivity contribution in [1.82, 2.24) is 9.55 Å². The topological polar surface area (TPSA) is 146 Å². The number of aliphatic hydroxyl groups is 1. The quantitative estimate of drug-likeness (QED) is 0.514. The number of aromatic nitrogens is 2. The van der Waals surface area contributed by atoms with E-state index in [2.05, 4.69) is 4.74 Å². The number of rotatable bonds is 7. The van der Waals surface area contributed by atoms with Gasteiger partial charge in [-0.05, 0) is 24.1 Å². The molecule has 0 saturated carbocycles. The van der Waals surface area contributed by atoms with Crippen LogP contribution in [0, 0.1) is 0 Å². The number of carbonyl (C=O) groups excluding carboxylic acids is 1. The van der Waals surface area contributed by atoms with E-state index in [-0.39, 0.29) is 13.0 Å². The number of aromatic amines is 1. The van der Waals surface area contributed by atoms with Crippen LogP contribution in [0.15, 0.2) is 27.8 Å². The number of nitrogens with two attached hydrogens (primary N) is 1. The van der Waals surface area contributed by atoms with E-state index in [0.717, 1.165) is 0 Å². The van der Waals surface area contributed by atoms with Crippen LogP contribution in [-0.4, -0.2) is 48.1 Å². The number of alkyl halides is 3. The third-order valence-electron chi connectivity index (χ3n) is 4.56. The van der Waals surface area contributed by atoms with E-state index in [1.807, 2.05) is 0 Å². The largest absolute Gasteiger partial charge is 0.493 e. The predicted octanol–water partition coefficient (Wildman–Crippen LogP) is 0.302. The van der Waals surface area contributed by atoms with Crippen molar-refractivity contribution in [3.8, 4) is 11.5 Å². The lowest BCUT2D eigenvalue weighted by atomic mass is 9.94. The normalized spacial score (nSPS) is 13.4. The van der Waals surface area contributed by atoms with Gasteiger partial charge in [-0.2, -0.15) is 13.2 Å². The van der Waals surface area contributed by atoms with Crippen LogP contribution >= 0.6 is 0 Å². The van der Waals surface area contributed by atoms with Crippen molar-refractivity contribution in [2.45, 2.75) is 24.7 Å². The van der Waals surface area contributed by atoms with E-state index < -0.39 is 40.4 Å². The van der Waals surface area contributed by atoms with E-state index in [0.29, 0.717) is 28.7 Å². The Morgan fingerprint density at radius 1 is 1.16 bits per heavy atom. The summed E-state index contributed by atoms with van der Waals surface area (Å²) >= 11 is 0. The van der Waals surface area contributed by atoms with Crippen LogP contribution in [0.1, 0.15) is 11.1 Å². The fourth-order valence-corrected chi connectivity index (χ4v) is 2.94. The van der Waals surface area contributed by atoms with Gasteiger partial charge in [0.05, 0.1) is 21.3 Å². The molecule has 0 aliphatic carbocycles. The van der Waals surface area contributed by atoms with Gasteiger partial charge in [0.25, 0.3) is 11.2 Å². The van der Waals surface area contributed by atoms with Crippen molar-refractivity contribution in [3.05, 3.63) is 50.2 Å². The Bertz CT molecular complexity index is 1090. The average Bonchev–Trinajstić information content (AvgIpc) is 2.71. The summed E-state index contributed by atoms with van der Waals surface area (Å²) in [7, 11) is 3.43. The number of ether oxygens (including phenoxy) is 3. The number of H-pyrrole nitrogens is 1. The second-order valence-electron chi connectivity index (χ2n) is 6.31. The van der Waals surface area contributed by atoms with Gasteiger partial charge in [0.1, 0.15) is 11.4 Å². The van der Waals surface area contributed by atoms with Crippen molar-refractivity contribution in [2.75, 3.05) is 27.1 Å². The number of halogens is 3. The summed E-state index contributed by atoms with van der Waals surface area (Å²) in [5, 5.41) is 10.1. The molecule has 0 amide bonds. The first-order chi connectivity index (χ1) is 14.4. The van der Waals surface area contributed by atoms with Gasteiger partial charge in [-0.25, -0.2) is 9.59 Å². The molecule has 1 aromatic carbocycles. The summed E-state index contributed by atoms with van der Waals surface area (Å²) in [4.78, 5) is 37.7. The molecule has 13 heteroatoms. The fourth-order valence-electron chi connectivity index (χ4n) is 2.94. The molecule has 2 rings (SSSR count). The number of benzene rings is 1. The lowest BCUT2D eigenvalue weighted by Gasteiger charge is -2.28. The molecule has 31 heavy (non-hydrogen) atoms. The van der Waals surface area contributed by atoms with E-state index >= 15 is 0 Å². The van der Waals surface area contributed by atoms with Crippen molar-refractivity contribution >= 4 is 11.8 Å². The summed E-state index contributed by atoms with van der Waals surface area (Å²) in [6.07, 6.45) is -5.59. The molecule has 0 radical (unpaired) electrons. The monoisotopic (exact) mass is 447 g/mol. The zero-order valence-corrected chi connectivity index (χ0v) is 16.7.